The van der Waals surface area contributed by atoms with Gasteiger partial charge in [-0.05, 0) is 7.05 Å². The summed E-state index contributed by atoms with van der Waals surface area (Å²) in [5, 5.41) is 23.2. The number of nitrogens with one attached hydrogen (secondary N) is 3. The molecule has 17 heteroatoms. The van der Waals surface area contributed by atoms with Crippen molar-refractivity contribution in [1.82, 2.24) is 29.9 Å². The topological polar surface area (TPSA) is 244 Å². The molecule has 0 saturated carbocycles. The number of likely N-dealkylation sites (N-methyl/N-ethyl adjacent to an activating group) is 1. The normalized spacial score (nSPS) is 23.7. The van der Waals surface area contributed by atoms with Crippen LogP contribution in [0.4, 0.5) is 5.95 Å². The SMILES string of the molecule is CN[C@@H](CC(=O)O)C(=O)NP(=O)(O)OC[C@H]1O[C@@H](n2cnc3c(=O)[nH]c(N)nc32)C[C@@H]1O. The highest BCUT2D eigenvalue weighted by Crippen LogP contribution is 2.39. The third-order valence-corrected chi connectivity index (χ3v) is 5.68. The summed E-state index contributed by atoms with van der Waals surface area (Å²) in [6.45, 7) is -0.572. The number of rotatable bonds is 9. The van der Waals surface area contributed by atoms with Crippen molar-refractivity contribution in [3.8, 4) is 0 Å². The zero-order valence-corrected chi connectivity index (χ0v) is 17.6. The fourth-order valence-electron chi connectivity index (χ4n) is 3.11. The minimum atomic E-state index is -4.69. The maximum atomic E-state index is 12.2. The largest absolute Gasteiger partial charge is 0.481 e. The first kappa shape index (κ1) is 23.8. The van der Waals surface area contributed by atoms with Crippen LogP contribution in [-0.2, 0) is 23.4 Å². The number of aliphatic carboxylic acids is 1. The fourth-order valence-corrected chi connectivity index (χ4v) is 3.96. The average Bonchev–Trinajstić information content (AvgIpc) is 3.27. The molecule has 3 rings (SSSR count). The lowest BCUT2D eigenvalue weighted by atomic mass is 10.2. The van der Waals surface area contributed by atoms with Crippen molar-refractivity contribution in [2.24, 2.45) is 0 Å². The maximum Gasteiger partial charge on any atom is 0.432 e. The van der Waals surface area contributed by atoms with Gasteiger partial charge < -0.3 is 30.9 Å². The zero-order chi connectivity index (χ0) is 23.6. The maximum absolute atomic E-state index is 12.2. The fraction of sp³-hybridized carbons (Fsp3) is 0.533. The van der Waals surface area contributed by atoms with Crippen molar-refractivity contribution in [3.63, 3.8) is 0 Å². The summed E-state index contributed by atoms with van der Waals surface area (Å²) in [5.41, 5.74) is 5.14. The predicted molar refractivity (Wildman–Crippen MR) is 106 cm³/mol. The van der Waals surface area contributed by atoms with Gasteiger partial charge in [-0.25, -0.2) is 9.55 Å². The predicted octanol–water partition coefficient (Wildman–Crippen LogP) is -2.35. The van der Waals surface area contributed by atoms with Gasteiger partial charge in [0.15, 0.2) is 11.2 Å². The first-order valence-electron chi connectivity index (χ1n) is 9.25. The van der Waals surface area contributed by atoms with Crippen molar-refractivity contribution >= 4 is 36.7 Å². The van der Waals surface area contributed by atoms with E-state index >= 15 is 0 Å². The van der Waals surface area contributed by atoms with Gasteiger partial charge in [-0.1, -0.05) is 0 Å². The molecule has 0 bridgehead atoms. The van der Waals surface area contributed by atoms with Crippen LogP contribution in [0.2, 0.25) is 0 Å². The van der Waals surface area contributed by atoms with Gasteiger partial charge in [0.2, 0.25) is 11.9 Å². The molecule has 32 heavy (non-hydrogen) atoms. The number of anilines is 1. The number of aromatic nitrogens is 4. The lowest BCUT2D eigenvalue weighted by molar-refractivity contribution is -0.139. The molecule has 2 aromatic heterocycles. The Morgan fingerprint density at radius 1 is 1.53 bits per heavy atom. The van der Waals surface area contributed by atoms with E-state index in [9.17, 15) is 28.9 Å². The van der Waals surface area contributed by atoms with Crippen LogP contribution in [0, 0.1) is 0 Å². The molecule has 1 unspecified atom stereocenters. The number of imidazole rings is 1. The zero-order valence-electron chi connectivity index (χ0n) is 16.7. The number of ether oxygens (including phenoxy) is 1. The highest BCUT2D eigenvalue weighted by Gasteiger charge is 2.38. The van der Waals surface area contributed by atoms with Crippen molar-refractivity contribution < 1.29 is 38.5 Å². The van der Waals surface area contributed by atoms with Gasteiger partial charge in [-0.2, -0.15) is 4.98 Å². The molecular formula is C15H22N7O9P. The summed E-state index contributed by atoms with van der Waals surface area (Å²) in [4.78, 5) is 54.8. The minimum Gasteiger partial charge on any atom is -0.481 e. The van der Waals surface area contributed by atoms with Crippen LogP contribution < -0.4 is 21.7 Å². The van der Waals surface area contributed by atoms with Gasteiger partial charge in [0.1, 0.15) is 12.3 Å². The minimum absolute atomic E-state index is 0.0139. The monoisotopic (exact) mass is 475 g/mol. The van der Waals surface area contributed by atoms with Crippen LogP contribution >= 0.6 is 7.75 Å². The molecule has 3 heterocycles. The number of nitrogens with two attached hydrogens (primary N) is 1. The Balaban J connectivity index is 1.63. The molecule has 0 spiro atoms. The van der Waals surface area contributed by atoms with E-state index in [1.54, 1.807) is 5.09 Å². The van der Waals surface area contributed by atoms with E-state index in [2.05, 4.69) is 20.3 Å². The molecule has 5 atom stereocenters. The number of hydrogen-bond acceptors (Lipinski definition) is 11. The number of carbonyl (C=O) groups is 2. The highest BCUT2D eigenvalue weighted by atomic mass is 31.2. The second-order valence-corrected chi connectivity index (χ2v) is 8.46. The lowest BCUT2D eigenvalue weighted by Crippen LogP contribution is -2.43. The number of nitrogens with zero attached hydrogens (tertiary/aromatic N) is 3. The highest BCUT2D eigenvalue weighted by molar-refractivity contribution is 7.51. The Hall–Kier alpha value is -2.88. The first-order valence-corrected chi connectivity index (χ1v) is 10.8. The van der Waals surface area contributed by atoms with Crippen LogP contribution in [0.5, 0.6) is 0 Å². The summed E-state index contributed by atoms with van der Waals surface area (Å²) < 4.78 is 24.0. The van der Waals surface area contributed by atoms with Gasteiger partial charge in [0.05, 0.1) is 31.5 Å². The molecule has 1 aliphatic heterocycles. The second-order valence-electron chi connectivity index (χ2n) is 6.94. The number of carboxylic acids is 1. The van der Waals surface area contributed by atoms with Gasteiger partial charge in [-0.15, -0.1) is 0 Å². The summed E-state index contributed by atoms with van der Waals surface area (Å²) in [7, 11) is -3.37. The van der Waals surface area contributed by atoms with Gasteiger partial charge in [0, 0.05) is 6.42 Å². The number of H-pyrrole nitrogens is 1. The molecule has 8 N–H and O–H groups in total. The van der Waals surface area contributed by atoms with E-state index in [1.807, 2.05) is 0 Å². The number of hydrogen-bond donors (Lipinski definition) is 7. The number of nitrogen functional groups attached to an aromatic ring is 1. The smallest absolute Gasteiger partial charge is 0.432 e. The van der Waals surface area contributed by atoms with Gasteiger partial charge in [-0.3, -0.25) is 33.5 Å². The standard InChI is InChI=1S/C15H22N7O9P/c1-17-6(2-10(24)25)13(26)21-32(28,29)30-4-8-7(23)3-9(31-8)22-5-18-11-12(22)19-15(16)20-14(11)27/h5-9,17,23H,2-4H2,1H3,(H,24,25)(H3,16,19,20,27)(H2,21,26,28,29)/t6-,7-,8+,9+/m0/s1. The third-order valence-electron chi connectivity index (χ3n) is 4.67. The Labute approximate surface area is 179 Å². The molecule has 0 radical (unpaired) electrons. The van der Waals surface area contributed by atoms with Crippen molar-refractivity contribution in [3.05, 3.63) is 16.7 Å². The van der Waals surface area contributed by atoms with E-state index in [4.69, 9.17) is 20.1 Å². The Morgan fingerprint density at radius 3 is 2.91 bits per heavy atom. The average molecular weight is 475 g/mol. The van der Waals surface area contributed by atoms with E-state index in [0.717, 1.165) is 0 Å². The summed E-state index contributed by atoms with van der Waals surface area (Å²) >= 11 is 0. The van der Waals surface area contributed by atoms with E-state index in [0.29, 0.717) is 0 Å². The molecule has 1 saturated heterocycles. The molecule has 1 aliphatic rings. The molecule has 2 aromatic rings. The molecule has 1 amide bonds. The molecule has 0 aromatic carbocycles. The Bertz CT molecular complexity index is 1120. The molecular weight excluding hydrogens is 453 g/mol. The van der Waals surface area contributed by atoms with Crippen molar-refractivity contribution in [1.29, 1.82) is 0 Å². The summed E-state index contributed by atoms with van der Waals surface area (Å²) in [6, 6.07) is -1.26. The lowest BCUT2D eigenvalue weighted by Gasteiger charge is -2.20. The molecule has 0 aliphatic carbocycles. The van der Waals surface area contributed by atoms with Gasteiger partial charge in [0.25, 0.3) is 5.56 Å². The van der Waals surface area contributed by atoms with E-state index in [-0.39, 0.29) is 23.5 Å². The van der Waals surface area contributed by atoms with Crippen molar-refractivity contribution in [2.45, 2.75) is 37.3 Å². The van der Waals surface area contributed by atoms with Crippen LogP contribution in [0.3, 0.4) is 0 Å². The molecule has 176 valence electrons. The Morgan fingerprint density at radius 2 is 2.25 bits per heavy atom. The number of aliphatic hydroxyl groups excluding tert-OH is 1. The molecule has 16 nitrogen and oxygen atoms in total. The number of aromatic amines is 1. The second kappa shape index (κ2) is 9.32. The quantitative estimate of drug-likeness (QED) is 0.188. The van der Waals surface area contributed by atoms with Crippen LogP contribution in [0.15, 0.2) is 11.1 Å². The van der Waals surface area contributed by atoms with Crippen LogP contribution in [-0.4, -0.2) is 78.4 Å². The number of aliphatic hydroxyl groups is 1. The third kappa shape index (κ3) is 5.29. The Kier molecular flexibility index (Phi) is 6.92. The van der Waals surface area contributed by atoms with Crippen LogP contribution in [0.1, 0.15) is 19.1 Å². The van der Waals surface area contributed by atoms with E-state index < -0.39 is 62.7 Å². The first-order chi connectivity index (χ1) is 15.0. The number of carboxylic acid groups (broad SMARTS) is 1. The number of amides is 1. The summed E-state index contributed by atoms with van der Waals surface area (Å²) in [5.74, 6) is -2.47. The molecule has 1 fully saturated rings. The number of carbonyl (C=O) groups excluding carboxylic acids is 1. The van der Waals surface area contributed by atoms with Crippen molar-refractivity contribution in [2.75, 3.05) is 19.4 Å². The number of fused-ring (bicyclic) bond motifs is 1. The van der Waals surface area contributed by atoms with Crippen LogP contribution in [0.25, 0.3) is 11.2 Å². The van der Waals surface area contributed by atoms with Gasteiger partial charge >= 0.3 is 13.7 Å². The summed E-state index contributed by atoms with van der Waals surface area (Å²) in [6.07, 6.45) is -2.32. The van der Waals surface area contributed by atoms with E-state index in [1.165, 1.54) is 17.9 Å².